The number of benzene rings is 1. The predicted octanol–water partition coefficient (Wildman–Crippen LogP) is 2.13. The zero-order valence-electron chi connectivity index (χ0n) is 12.6. The second-order valence-electron chi connectivity index (χ2n) is 5.37. The number of nitrogens with zero attached hydrogens (tertiary/aromatic N) is 1. The van der Waals surface area contributed by atoms with Crippen molar-refractivity contribution in [3.8, 4) is 0 Å². The van der Waals surface area contributed by atoms with Crippen LogP contribution in [0.15, 0.2) is 53.1 Å². The van der Waals surface area contributed by atoms with E-state index in [1.807, 2.05) is 30.3 Å². The summed E-state index contributed by atoms with van der Waals surface area (Å²) in [5, 5.41) is 0. The molecule has 23 heavy (non-hydrogen) atoms. The summed E-state index contributed by atoms with van der Waals surface area (Å²) in [5.74, 6) is -0.330. The van der Waals surface area contributed by atoms with Crippen molar-refractivity contribution in [2.75, 3.05) is 6.54 Å². The highest BCUT2D eigenvalue weighted by atomic mass is 16.6. The first kappa shape index (κ1) is 15.3. The highest BCUT2D eigenvalue weighted by Crippen LogP contribution is 2.20. The molecule has 0 saturated carbocycles. The zero-order chi connectivity index (χ0) is 16.1. The molecule has 1 aromatic carbocycles. The monoisotopic (exact) mass is 314 g/mol. The average Bonchev–Trinajstić information content (AvgIpc) is 3.27. The summed E-state index contributed by atoms with van der Waals surface area (Å²) >= 11 is 0. The molecule has 0 aliphatic carbocycles. The Morgan fingerprint density at radius 1 is 1.22 bits per heavy atom. The van der Waals surface area contributed by atoms with E-state index >= 15 is 0 Å². The lowest BCUT2D eigenvalue weighted by atomic mass is 10.2. The number of rotatable bonds is 5. The fraction of sp³-hybridized carbons (Fsp3) is 0.294. The normalized spacial score (nSPS) is 17.2. The Balaban J connectivity index is 1.55. The predicted molar refractivity (Wildman–Crippen MR) is 82.1 cm³/mol. The van der Waals surface area contributed by atoms with Crippen LogP contribution in [0.3, 0.4) is 0 Å². The van der Waals surface area contributed by atoms with Crippen molar-refractivity contribution in [2.45, 2.75) is 25.5 Å². The molecule has 1 aliphatic heterocycles. The van der Waals surface area contributed by atoms with Crippen LogP contribution >= 0.6 is 0 Å². The van der Waals surface area contributed by atoms with Gasteiger partial charge in [0.25, 0.3) is 11.8 Å². The third kappa shape index (κ3) is 3.60. The van der Waals surface area contributed by atoms with Gasteiger partial charge in [-0.2, -0.15) is 0 Å². The molecule has 1 aliphatic rings. The van der Waals surface area contributed by atoms with E-state index in [1.165, 1.54) is 11.2 Å². The lowest BCUT2D eigenvalue weighted by Gasteiger charge is -2.22. The van der Waals surface area contributed by atoms with Crippen molar-refractivity contribution >= 4 is 11.8 Å². The minimum Gasteiger partial charge on any atom is -0.459 e. The fourth-order valence-corrected chi connectivity index (χ4v) is 2.66. The van der Waals surface area contributed by atoms with Gasteiger partial charge >= 0.3 is 0 Å². The highest BCUT2D eigenvalue weighted by molar-refractivity contribution is 5.95. The zero-order valence-corrected chi connectivity index (χ0v) is 12.6. The SMILES string of the molecule is O=C(NOCc1ccccc1)[C@@H]1CCCN1C(=O)c1ccco1. The summed E-state index contributed by atoms with van der Waals surface area (Å²) in [7, 11) is 0. The molecule has 2 aromatic rings. The first-order valence-corrected chi connectivity index (χ1v) is 7.56. The Hall–Kier alpha value is -2.60. The van der Waals surface area contributed by atoms with E-state index in [9.17, 15) is 9.59 Å². The molecule has 1 atom stereocenters. The standard InChI is InChI=1S/C17H18N2O4/c20-16(18-23-12-13-6-2-1-3-7-13)14-8-4-10-19(14)17(21)15-9-5-11-22-15/h1-3,5-7,9,11,14H,4,8,10,12H2,(H,18,20)/t14-/m0/s1. The van der Waals surface area contributed by atoms with Crippen LogP contribution in [0, 0.1) is 0 Å². The number of amides is 2. The van der Waals surface area contributed by atoms with Gasteiger partial charge in [-0.3, -0.25) is 14.4 Å². The lowest BCUT2D eigenvalue weighted by Crippen LogP contribution is -2.45. The summed E-state index contributed by atoms with van der Waals surface area (Å²) in [4.78, 5) is 31.4. The maximum atomic E-state index is 12.3. The molecule has 1 saturated heterocycles. The Labute approximate surface area is 134 Å². The van der Waals surface area contributed by atoms with E-state index in [4.69, 9.17) is 9.25 Å². The number of furan rings is 1. The van der Waals surface area contributed by atoms with Crippen LogP contribution in [0.25, 0.3) is 0 Å². The lowest BCUT2D eigenvalue weighted by molar-refractivity contribution is -0.138. The van der Waals surface area contributed by atoms with Crippen LogP contribution in [0.1, 0.15) is 29.0 Å². The van der Waals surface area contributed by atoms with E-state index < -0.39 is 6.04 Å². The first-order chi connectivity index (χ1) is 11.3. The number of hydrogen-bond donors (Lipinski definition) is 1. The molecule has 1 fully saturated rings. The molecule has 0 spiro atoms. The molecular formula is C17H18N2O4. The van der Waals surface area contributed by atoms with Gasteiger partial charge in [0.1, 0.15) is 6.04 Å². The second kappa shape index (κ2) is 7.11. The van der Waals surface area contributed by atoms with Gasteiger partial charge in [-0.25, -0.2) is 5.48 Å². The summed E-state index contributed by atoms with van der Waals surface area (Å²) in [5.41, 5.74) is 3.40. The Bertz CT molecular complexity index is 654. The molecule has 0 bridgehead atoms. The maximum absolute atomic E-state index is 12.3. The van der Waals surface area contributed by atoms with Crippen LogP contribution in [-0.2, 0) is 16.2 Å². The van der Waals surface area contributed by atoms with Crippen LogP contribution < -0.4 is 5.48 Å². The van der Waals surface area contributed by atoms with Crippen LogP contribution in [0.4, 0.5) is 0 Å². The van der Waals surface area contributed by atoms with Gasteiger partial charge in [-0.05, 0) is 30.5 Å². The Morgan fingerprint density at radius 3 is 2.78 bits per heavy atom. The fourth-order valence-electron chi connectivity index (χ4n) is 2.66. The minimum absolute atomic E-state index is 0.245. The minimum atomic E-state index is -0.525. The van der Waals surface area contributed by atoms with Gasteiger partial charge in [-0.15, -0.1) is 0 Å². The van der Waals surface area contributed by atoms with Crippen LogP contribution in [0.2, 0.25) is 0 Å². The summed E-state index contributed by atoms with van der Waals surface area (Å²) < 4.78 is 5.12. The molecular weight excluding hydrogens is 296 g/mol. The smallest absolute Gasteiger partial charge is 0.290 e. The number of hydroxylamine groups is 1. The van der Waals surface area contributed by atoms with Gasteiger partial charge in [0.05, 0.1) is 12.9 Å². The third-order valence-corrected chi connectivity index (χ3v) is 3.80. The quantitative estimate of drug-likeness (QED) is 0.858. The summed E-state index contributed by atoms with van der Waals surface area (Å²) in [6.07, 6.45) is 2.84. The molecule has 2 amide bonds. The summed E-state index contributed by atoms with van der Waals surface area (Å²) in [6.45, 7) is 0.821. The van der Waals surface area contributed by atoms with E-state index in [0.717, 1.165) is 12.0 Å². The van der Waals surface area contributed by atoms with Crippen LogP contribution in [0.5, 0.6) is 0 Å². The molecule has 6 nitrogen and oxygen atoms in total. The molecule has 6 heteroatoms. The molecule has 120 valence electrons. The Morgan fingerprint density at radius 2 is 2.04 bits per heavy atom. The first-order valence-electron chi connectivity index (χ1n) is 7.56. The second-order valence-corrected chi connectivity index (χ2v) is 5.37. The van der Waals surface area contributed by atoms with E-state index in [0.29, 0.717) is 13.0 Å². The summed E-state index contributed by atoms with van der Waals surface area (Å²) in [6, 6.07) is 12.3. The number of carbonyl (C=O) groups is 2. The average molecular weight is 314 g/mol. The molecule has 0 unspecified atom stereocenters. The van der Waals surface area contributed by atoms with Crippen LogP contribution in [-0.4, -0.2) is 29.3 Å². The number of hydrogen-bond acceptors (Lipinski definition) is 4. The highest BCUT2D eigenvalue weighted by Gasteiger charge is 2.35. The van der Waals surface area contributed by atoms with Crippen molar-refractivity contribution < 1.29 is 18.8 Å². The van der Waals surface area contributed by atoms with Crippen molar-refractivity contribution in [3.63, 3.8) is 0 Å². The topological polar surface area (TPSA) is 71.8 Å². The number of likely N-dealkylation sites (tertiary alicyclic amines) is 1. The van der Waals surface area contributed by atoms with Crippen molar-refractivity contribution in [3.05, 3.63) is 60.1 Å². The third-order valence-electron chi connectivity index (χ3n) is 3.80. The molecule has 1 aromatic heterocycles. The number of carbonyl (C=O) groups excluding carboxylic acids is 2. The number of nitrogens with one attached hydrogen (secondary N) is 1. The molecule has 3 rings (SSSR count). The van der Waals surface area contributed by atoms with E-state index in [2.05, 4.69) is 5.48 Å². The van der Waals surface area contributed by atoms with Gasteiger partial charge < -0.3 is 9.32 Å². The largest absolute Gasteiger partial charge is 0.459 e. The molecule has 1 N–H and O–H groups in total. The Kier molecular flexibility index (Phi) is 4.73. The van der Waals surface area contributed by atoms with Gasteiger partial charge in [0.2, 0.25) is 0 Å². The van der Waals surface area contributed by atoms with Gasteiger partial charge in [-0.1, -0.05) is 30.3 Å². The maximum Gasteiger partial charge on any atom is 0.290 e. The molecule has 0 radical (unpaired) electrons. The van der Waals surface area contributed by atoms with E-state index in [1.54, 1.807) is 12.1 Å². The van der Waals surface area contributed by atoms with Crippen molar-refractivity contribution in [1.82, 2.24) is 10.4 Å². The van der Waals surface area contributed by atoms with Gasteiger partial charge in [0.15, 0.2) is 5.76 Å². The van der Waals surface area contributed by atoms with Crippen molar-refractivity contribution in [2.24, 2.45) is 0 Å². The van der Waals surface area contributed by atoms with E-state index in [-0.39, 0.29) is 24.2 Å². The van der Waals surface area contributed by atoms with Gasteiger partial charge in [0, 0.05) is 6.54 Å². The van der Waals surface area contributed by atoms with Crippen molar-refractivity contribution in [1.29, 1.82) is 0 Å². The molecule has 2 heterocycles.